The number of hydrogen-bond donors (Lipinski definition) is 1. The Morgan fingerprint density at radius 2 is 1.96 bits per heavy atom. The second-order valence-electron chi connectivity index (χ2n) is 5.51. The van der Waals surface area contributed by atoms with Crippen LogP contribution >= 0.6 is 15.9 Å². The van der Waals surface area contributed by atoms with Gasteiger partial charge < -0.3 is 14.2 Å². The molecule has 0 aromatic heterocycles. The van der Waals surface area contributed by atoms with Gasteiger partial charge in [0.15, 0.2) is 17.6 Å². The summed E-state index contributed by atoms with van der Waals surface area (Å²) in [4.78, 5) is 12.2. The quantitative estimate of drug-likeness (QED) is 0.547. The van der Waals surface area contributed by atoms with Crippen LogP contribution in [0.1, 0.15) is 18.1 Å². The molecule has 0 aliphatic heterocycles. The minimum Gasteiger partial charge on any atom is -0.493 e. The van der Waals surface area contributed by atoms with Crippen LogP contribution in [-0.4, -0.2) is 32.4 Å². The van der Waals surface area contributed by atoms with Crippen LogP contribution in [0.2, 0.25) is 0 Å². The maximum Gasteiger partial charge on any atom is 0.280 e. The molecule has 0 saturated carbocycles. The molecule has 2 aromatic carbocycles. The van der Waals surface area contributed by atoms with Crippen molar-refractivity contribution in [2.24, 2.45) is 5.10 Å². The first-order chi connectivity index (χ1) is 12.5. The number of carbonyl (C=O) groups excluding carboxylic acids is 1. The number of halogens is 1. The van der Waals surface area contributed by atoms with Crippen LogP contribution in [0, 0.1) is 6.92 Å². The highest BCUT2D eigenvalue weighted by molar-refractivity contribution is 9.10. The predicted octanol–water partition coefficient (Wildman–Crippen LogP) is 3.69. The third kappa shape index (κ3) is 4.98. The van der Waals surface area contributed by atoms with Crippen molar-refractivity contribution in [3.05, 3.63) is 52.0 Å². The first kappa shape index (κ1) is 19.8. The van der Waals surface area contributed by atoms with Crippen LogP contribution in [0.3, 0.4) is 0 Å². The van der Waals surface area contributed by atoms with Gasteiger partial charge in [-0.3, -0.25) is 4.79 Å². The maximum atomic E-state index is 12.2. The summed E-state index contributed by atoms with van der Waals surface area (Å²) in [6, 6.07) is 11.0. The lowest BCUT2D eigenvalue weighted by Gasteiger charge is -2.14. The summed E-state index contributed by atoms with van der Waals surface area (Å²) in [7, 11) is 3.10. The molecule has 138 valence electrons. The molecule has 6 nitrogen and oxygen atoms in total. The molecule has 0 aliphatic carbocycles. The number of hydrazone groups is 1. The average Bonchev–Trinajstić information content (AvgIpc) is 2.63. The van der Waals surface area contributed by atoms with Crippen molar-refractivity contribution < 1.29 is 19.0 Å². The summed E-state index contributed by atoms with van der Waals surface area (Å²) < 4.78 is 17.0. The zero-order valence-electron chi connectivity index (χ0n) is 15.1. The Bertz CT molecular complexity index is 808. The van der Waals surface area contributed by atoms with E-state index >= 15 is 0 Å². The van der Waals surface area contributed by atoms with Crippen LogP contribution in [0.5, 0.6) is 17.2 Å². The second-order valence-corrected chi connectivity index (χ2v) is 6.37. The van der Waals surface area contributed by atoms with Crippen molar-refractivity contribution in [1.82, 2.24) is 5.43 Å². The molecule has 2 aromatic rings. The Morgan fingerprint density at radius 1 is 1.19 bits per heavy atom. The van der Waals surface area contributed by atoms with E-state index in [1.165, 1.54) is 6.21 Å². The minimum absolute atomic E-state index is 0.365. The van der Waals surface area contributed by atoms with E-state index in [4.69, 9.17) is 14.2 Å². The van der Waals surface area contributed by atoms with Crippen LogP contribution in [-0.2, 0) is 4.79 Å². The fourth-order valence-corrected chi connectivity index (χ4v) is 2.80. The standard InChI is InChI=1S/C19H21BrN2O4/c1-12-8-9-16(15(20)10-12)26-13(2)19(23)22-21-11-14-6-5-7-17(24-3)18(14)25-4/h5-11,13H,1-4H3,(H,22,23). The van der Waals surface area contributed by atoms with Gasteiger partial charge >= 0.3 is 0 Å². The van der Waals surface area contributed by atoms with Gasteiger partial charge in [-0.1, -0.05) is 12.1 Å². The molecule has 0 bridgehead atoms. The second kappa shape index (κ2) is 9.24. The number of methoxy groups -OCH3 is 2. The highest BCUT2D eigenvalue weighted by atomic mass is 79.9. The molecule has 1 unspecified atom stereocenters. The van der Waals surface area contributed by atoms with Gasteiger partial charge in [-0.15, -0.1) is 0 Å². The van der Waals surface area contributed by atoms with Crippen molar-refractivity contribution in [2.45, 2.75) is 20.0 Å². The number of hydrogen-bond acceptors (Lipinski definition) is 5. The number of benzene rings is 2. The molecule has 0 fully saturated rings. The summed E-state index contributed by atoms with van der Waals surface area (Å²) in [6.45, 7) is 3.63. The normalized spacial score (nSPS) is 11.9. The van der Waals surface area contributed by atoms with Crippen LogP contribution in [0.25, 0.3) is 0 Å². The lowest BCUT2D eigenvalue weighted by Crippen LogP contribution is -2.33. The molecule has 1 amide bonds. The fraction of sp³-hybridized carbons (Fsp3) is 0.263. The van der Waals surface area contributed by atoms with E-state index in [1.807, 2.05) is 31.2 Å². The van der Waals surface area contributed by atoms with Gasteiger partial charge in [0.1, 0.15) is 5.75 Å². The Morgan fingerprint density at radius 3 is 2.62 bits per heavy atom. The fourth-order valence-electron chi connectivity index (χ4n) is 2.22. The zero-order chi connectivity index (χ0) is 19.1. The number of rotatable bonds is 7. The third-order valence-electron chi connectivity index (χ3n) is 3.57. The minimum atomic E-state index is -0.710. The number of nitrogens with zero attached hydrogens (tertiary/aromatic N) is 1. The molecule has 1 N–H and O–H groups in total. The zero-order valence-corrected chi connectivity index (χ0v) is 16.7. The highest BCUT2D eigenvalue weighted by Crippen LogP contribution is 2.29. The summed E-state index contributed by atoms with van der Waals surface area (Å²) >= 11 is 3.43. The number of carbonyl (C=O) groups is 1. The number of para-hydroxylation sites is 1. The molecule has 2 rings (SSSR count). The summed E-state index contributed by atoms with van der Waals surface area (Å²) in [5.41, 5.74) is 4.24. The first-order valence-corrected chi connectivity index (χ1v) is 8.72. The molecule has 0 radical (unpaired) electrons. The monoisotopic (exact) mass is 420 g/mol. The number of amides is 1. The Labute approximate surface area is 161 Å². The lowest BCUT2D eigenvalue weighted by atomic mass is 10.2. The van der Waals surface area contributed by atoms with Crippen molar-refractivity contribution in [2.75, 3.05) is 14.2 Å². The summed E-state index contributed by atoms with van der Waals surface area (Å²) in [6.07, 6.45) is 0.784. The van der Waals surface area contributed by atoms with E-state index in [0.29, 0.717) is 22.8 Å². The largest absolute Gasteiger partial charge is 0.493 e. The molecule has 0 heterocycles. The van der Waals surface area contributed by atoms with Crippen LogP contribution in [0.4, 0.5) is 0 Å². The lowest BCUT2D eigenvalue weighted by molar-refractivity contribution is -0.127. The highest BCUT2D eigenvalue weighted by Gasteiger charge is 2.15. The van der Waals surface area contributed by atoms with Gasteiger partial charge in [0.25, 0.3) is 5.91 Å². The van der Waals surface area contributed by atoms with Gasteiger partial charge in [-0.05, 0) is 59.6 Å². The van der Waals surface area contributed by atoms with E-state index in [2.05, 4.69) is 26.5 Å². The molecule has 26 heavy (non-hydrogen) atoms. The maximum absolute atomic E-state index is 12.2. The molecule has 0 spiro atoms. The van der Waals surface area contributed by atoms with Gasteiger partial charge in [0, 0.05) is 5.56 Å². The SMILES string of the molecule is COc1cccc(C=NNC(=O)C(C)Oc2ccc(C)cc2Br)c1OC. The Hall–Kier alpha value is -2.54. The third-order valence-corrected chi connectivity index (χ3v) is 4.19. The van der Waals surface area contributed by atoms with E-state index in [9.17, 15) is 4.79 Å². The van der Waals surface area contributed by atoms with E-state index in [-0.39, 0.29) is 5.91 Å². The Balaban J connectivity index is 2.00. The molecular weight excluding hydrogens is 400 g/mol. The first-order valence-electron chi connectivity index (χ1n) is 7.93. The molecule has 7 heteroatoms. The average molecular weight is 421 g/mol. The number of aryl methyl sites for hydroxylation is 1. The molecule has 1 atom stereocenters. The van der Waals surface area contributed by atoms with Gasteiger partial charge in [-0.25, -0.2) is 5.43 Å². The van der Waals surface area contributed by atoms with Gasteiger partial charge in [-0.2, -0.15) is 5.10 Å². The Kier molecular flexibility index (Phi) is 7.03. The summed E-state index contributed by atoms with van der Waals surface area (Å²) in [5.74, 6) is 1.36. The number of ether oxygens (including phenoxy) is 3. The van der Waals surface area contributed by atoms with Gasteiger partial charge in [0.05, 0.1) is 24.9 Å². The van der Waals surface area contributed by atoms with Crippen molar-refractivity contribution >= 4 is 28.1 Å². The molecule has 0 aliphatic rings. The van der Waals surface area contributed by atoms with E-state index < -0.39 is 6.10 Å². The van der Waals surface area contributed by atoms with Crippen LogP contribution in [0.15, 0.2) is 46.0 Å². The summed E-state index contributed by atoms with van der Waals surface area (Å²) in [5, 5.41) is 3.97. The van der Waals surface area contributed by atoms with Gasteiger partial charge in [0.2, 0.25) is 0 Å². The van der Waals surface area contributed by atoms with E-state index in [1.54, 1.807) is 33.3 Å². The van der Waals surface area contributed by atoms with Crippen molar-refractivity contribution in [3.8, 4) is 17.2 Å². The van der Waals surface area contributed by atoms with Crippen molar-refractivity contribution in [3.63, 3.8) is 0 Å². The van der Waals surface area contributed by atoms with E-state index in [0.717, 1.165) is 10.0 Å². The molecular formula is C19H21BrN2O4. The molecule has 0 saturated heterocycles. The smallest absolute Gasteiger partial charge is 0.280 e. The van der Waals surface area contributed by atoms with Crippen LogP contribution < -0.4 is 19.6 Å². The number of nitrogens with one attached hydrogen (secondary N) is 1. The topological polar surface area (TPSA) is 69.2 Å². The van der Waals surface area contributed by atoms with Crippen molar-refractivity contribution in [1.29, 1.82) is 0 Å². The predicted molar refractivity (Wildman–Crippen MR) is 104 cm³/mol.